The van der Waals surface area contributed by atoms with Crippen molar-refractivity contribution < 1.29 is 0 Å². The molecule has 4 nitrogen and oxygen atoms in total. The first-order valence-electron chi connectivity index (χ1n) is 6.79. The number of hydrogen-bond acceptors (Lipinski definition) is 5. The van der Waals surface area contributed by atoms with Crippen molar-refractivity contribution in [3.63, 3.8) is 0 Å². The van der Waals surface area contributed by atoms with Gasteiger partial charge in [-0.3, -0.25) is 0 Å². The summed E-state index contributed by atoms with van der Waals surface area (Å²) in [6.45, 7) is 11.7. The number of hydrogen-bond donors (Lipinski definition) is 1. The number of aromatic nitrogens is 2. The van der Waals surface area contributed by atoms with E-state index in [1.165, 1.54) is 15.8 Å². The molecule has 1 aliphatic rings. The molecule has 0 bridgehead atoms. The Bertz CT molecular complexity index is 619. The number of anilines is 1. The standard InChI is InChI=1S/C14H20N4S/c1-8-7-15-5-6-18(8)13-12-9(2)10(3)19-14(12)17-11(4)16-13/h8,15H,5-7H2,1-4H3. The van der Waals surface area contributed by atoms with E-state index in [1.807, 2.05) is 6.92 Å². The van der Waals surface area contributed by atoms with Crippen molar-refractivity contribution in [1.82, 2.24) is 15.3 Å². The molecule has 2 aromatic rings. The Morgan fingerprint density at radius 3 is 2.79 bits per heavy atom. The topological polar surface area (TPSA) is 41.1 Å². The summed E-state index contributed by atoms with van der Waals surface area (Å²) in [5.41, 5.74) is 1.33. The number of thiophene rings is 1. The van der Waals surface area contributed by atoms with Gasteiger partial charge in [0.05, 0.1) is 5.39 Å². The van der Waals surface area contributed by atoms with Gasteiger partial charge < -0.3 is 10.2 Å². The van der Waals surface area contributed by atoms with Crippen LogP contribution >= 0.6 is 11.3 Å². The minimum atomic E-state index is 0.478. The van der Waals surface area contributed by atoms with Crippen LogP contribution in [0.1, 0.15) is 23.2 Å². The molecule has 0 radical (unpaired) electrons. The Morgan fingerprint density at radius 1 is 1.26 bits per heavy atom. The Labute approximate surface area is 117 Å². The maximum Gasteiger partial charge on any atom is 0.141 e. The fourth-order valence-corrected chi connectivity index (χ4v) is 3.77. The van der Waals surface area contributed by atoms with E-state index in [0.29, 0.717) is 6.04 Å². The van der Waals surface area contributed by atoms with Gasteiger partial charge in [0.2, 0.25) is 0 Å². The molecule has 19 heavy (non-hydrogen) atoms. The minimum Gasteiger partial charge on any atom is -0.351 e. The second-order valence-corrected chi connectivity index (χ2v) is 6.51. The van der Waals surface area contributed by atoms with Crippen LogP contribution in [0, 0.1) is 20.8 Å². The summed E-state index contributed by atoms with van der Waals surface area (Å²) in [7, 11) is 0. The predicted octanol–water partition coefficient (Wildman–Crippen LogP) is 2.41. The summed E-state index contributed by atoms with van der Waals surface area (Å²) in [6.07, 6.45) is 0. The highest BCUT2D eigenvalue weighted by Gasteiger charge is 2.24. The third-order valence-electron chi connectivity index (χ3n) is 3.89. The molecule has 1 N–H and O–H groups in total. The van der Waals surface area contributed by atoms with Crippen LogP contribution in [0.3, 0.4) is 0 Å². The van der Waals surface area contributed by atoms with E-state index in [2.05, 4.69) is 36.0 Å². The Morgan fingerprint density at radius 2 is 2.05 bits per heavy atom. The Kier molecular flexibility index (Phi) is 3.19. The van der Waals surface area contributed by atoms with Crippen LogP contribution < -0.4 is 10.2 Å². The number of aryl methyl sites for hydroxylation is 3. The van der Waals surface area contributed by atoms with E-state index >= 15 is 0 Å². The van der Waals surface area contributed by atoms with Gasteiger partial charge >= 0.3 is 0 Å². The minimum absolute atomic E-state index is 0.478. The normalized spacial score (nSPS) is 20.2. The van der Waals surface area contributed by atoms with Crippen molar-refractivity contribution in [3.05, 3.63) is 16.3 Å². The van der Waals surface area contributed by atoms with E-state index in [-0.39, 0.29) is 0 Å². The SMILES string of the molecule is Cc1nc(N2CCNCC2C)c2c(C)c(C)sc2n1. The lowest BCUT2D eigenvalue weighted by atomic mass is 10.1. The van der Waals surface area contributed by atoms with Gasteiger partial charge in [0.1, 0.15) is 16.5 Å². The molecule has 102 valence electrons. The molecule has 5 heteroatoms. The number of nitrogens with zero attached hydrogens (tertiary/aromatic N) is 3. The fraction of sp³-hybridized carbons (Fsp3) is 0.571. The molecule has 1 atom stereocenters. The summed E-state index contributed by atoms with van der Waals surface area (Å²) in [5.74, 6) is 1.99. The second-order valence-electron chi connectivity index (χ2n) is 5.30. The predicted molar refractivity (Wildman–Crippen MR) is 81.3 cm³/mol. The largest absolute Gasteiger partial charge is 0.351 e. The number of fused-ring (bicyclic) bond motifs is 1. The smallest absolute Gasteiger partial charge is 0.141 e. The van der Waals surface area contributed by atoms with Crippen LogP contribution in [0.2, 0.25) is 0 Å². The molecule has 3 rings (SSSR count). The monoisotopic (exact) mass is 276 g/mol. The van der Waals surface area contributed by atoms with Crippen LogP contribution in [0.4, 0.5) is 5.82 Å². The van der Waals surface area contributed by atoms with Gasteiger partial charge in [-0.05, 0) is 33.3 Å². The maximum absolute atomic E-state index is 4.74. The molecule has 1 fully saturated rings. The van der Waals surface area contributed by atoms with Crippen molar-refractivity contribution >= 4 is 27.4 Å². The molecule has 0 saturated carbocycles. The fourth-order valence-electron chi connectivity index (χ4n) is 2.70. The molecular formula is C14H20N4S. The van der Waals surface area contributed by atoms with Crippen LogP contribution in [0.25, 0.3) is 10.2 Å². The molecule has 2 aromatic heterocycles. The summed E-state index contributed by atoms with van der Waals surface area (Å²) < 4.78 is 0. The van der Waals surface area contributed by atoms with Gasteiger partial charge in [-0.1, -0.05) is 0 Å². The van der Waals surface area contributed by atoms with Gasteiger partial charge in [0, 0.05) is 30.6 Å². The zero-order valence-corrected chi connectivity index (χ0v) is 12.8. The van der Waals surface area contributed by atoms with Crippen LogP contribution in [0.15, 0.2) is 0 Å². The van der Waals surface area contributed by atoms with Gasteiger partial charge in [-0.2, -0.15) is 0 Å². The molecule has 0 amide bonds. The number of rotatable bonds is 1. The second kappa shape index (κ2) is 4.72. The first-order chi connectivity index (χ1) is 9.08. The summed E-state index contributed by atoms with van der Waals surface area (Å²) in [6, 6.07) is 0.478. The van der Waals surface area contributed by atoms with Crippen LogP contribution in [0.5, 0.6) is 0 Å². The number of piperazine rings is 1. The van der Waals surface area contributed by atoms with E-state index < -0.39 is 0 Å². The van der Waals surface area contributed by atoms with E-state index in [4.69, 9.17) is 4.98 Å². The molecule has 3 heterocycles. The molecule has 0 aliphatic carbocycles. The van der Waals surface area contributed by atoms with Crippen molar-refractivity contribution in [2.24, 2.45) is 0 Å². The third-order valence-corrected chi connectivity index (χ3v) is 5.00. The molecule has 1 aliphatic heterocycles. The lowest BCUT2D eigenvalue weighted by Crippen LogP contribution is -2.50. The van der Waals surface area contributed by atoms with Crippen LogP contribution in [-0.2, 0) is 0 Å². The summed E-state index contributed by atoms with van der Waals surface area (Å²) in [5, 5.41) is 4.69. The van der Waals surface area contributed by atoms with Gasteiger partial charge in [0.15, 0.2) is 0 Å². The number of nitrogens with one attached hydrogen (secondary N) is 1. The Hall–Kier alpha value is -1.20. The van der Waals surface area contributed by atoms with Crippen LogP contribution in [-0.4, -0.2) is 35.6 Å². The molecule has 0 spiro atoms. The van der Waals surface area contributed by atoms with Gasteiger partial charge in [-0.25, -0.2) is 9.97 Å². The maximum atomic E-state index is 4.74. The van der Waals surface area contributed by atoms with Crippen molar-refractivity contribution in [2.45, 2.75) is 33.7 Å². The first kappa shape index (κ1) is 12.8. The van der Waals surface area contributed by atoms with Crippen molar-refractivity contribution in [3.8, 4) is 0 Å². The van der Waals surface area contributed by atoms with E-state index in [0.717, 1.165) is 36.1 Å². The van der Waals surface area contributed by atoms with Crippen molar-refractivity contribution in [1.29, 1.82) is 0 Å². The molecule has 1 saturated heterocycles. The lowest BCUT2D eigenvalue weighted by Gasteiger charge is -2.35. The highest BCUT2D eigenvalue weighted by Crippen LogP contribution is 2.35. The zero-order chi connectivity index (χ0) is 13.6. The highest BCUT2D eigenvalue weighted by molar-refractivity contribution is 7.18. The van der Waals surface area contributed by atoms with Gasteiger partial charge in [0.25, 0.3) is 0 Å². The highest BCUT2D eigenvalue weighted by atomic mass is 32.1. The zero-order valence-electron chi connectivity index (χ0n) is 11.9. The van der Waals surface area contributed by atoms with E-state index in [9.17, 15) is 0 Å². The first-order valence-corrected chi connectivity index (χ1v) is 7.61. The molecular weight excluding hydrogens is 256 g/mol. The summed E-state index contributed by atoms with van der Waals surface area (Å²) >= 11 is 1.78. The summed E-state index contributed by atoms with van der Waals surface area (Å²) in [4.78, 5) is 14.2. The molecule has 0 aromatic carbocycles. The third kappa shape index (κ3) is 2.11. The van der Waals surface area contributed by atoms with Gasteiger partial charge in [-0.15, -0.1) is 11.3 Å². The van der Waals surface area contributed by atoms with Crippen molar-refractivity contribution in [2.75, 3.05) is 24.5 Å². The molecule has 1 unspecified atom stereocenters. The average molecular weight is 276 g/mol. The average Bonchev–Trinajstić information content (AvgIpc) is 2.64. The Balaban J connectivity index is 2.21. The van der Waals surface area contributed by atoms with E-state index in [1.54, 1.807) is 11.3 Å². The quantitative estimate of drug-likeness (QED) is 0.868. The lowest BCUT2D eigenvalue weighted by molar-refractivity contribution is 0.498.